The summed E-state index contributed by atoms with van der Waals surface area (Å²) in [4.78, 5) is 4.57. The van der Waals surface area contributed by atoms with E-state index in [1.54, 1.807) is 0 Å². The van der Waals surface area contributed by atoms with Crippen LogP contribution in [0.15, 0.2) is 28.5 Å². The maximum absolute atomic E-state index is 13.1. The van der Waals surface area contributed by atoms with Crippen molar-refractivity contribution in [2.24, 2.45) is 5.92 Å². The average molecular weight is 540 g/mol. The van der Waals surface area contributed by atoms with Crippen molar-refractivity contribution in [3.63, 3.8) is 0 Å². The monoisotopic (exact) mass is 539 g/mol. The number of rotatable bonds is 9. The van der Waals surface area contributed by atoms with Crippen LogP contribution in [0.3, 0.4) is 0 Å². The molecule has 0 spiro atoms. The molecule has 0 radical (unpaired) electrons. The number of nitrogens with zero attached hydrogens (tertiary/aromatic N) is 1. The van der Waals surface area contributed by atoms with Crippen molar-refractivity contribution in [2.75, 3.05) is 25.5 Å². The molecule has 6 nitrogen and oxygen atoms in total. The molecule has 3 rings (SSSR count). The lowest BCUT2D eigenvalue weighted by Crippen LogP contribution is -2.57. The van der Waals surface area contributed by atoms with E-state index in [9.17, 15) is 21.6 Å². The van der Waals surface area contributed by atoms with E-state index in [2.05, 4.69) is 35.8 Å². The quantitative estimate of drug-likeness (QED) is 0.447. The van der Waals surface area contributed by atoms with E-state index in [4.69, 9.17) is 16.3 Å². The van der Waals surface area contributed by atoms with E-state index in [-0.39, 0.29) is 47.2 Å². The molecular formula is C22H29ClF3N3O3S2. The van der Waals surface area contributed by atoms with Gasteiger partial charge in [0.1, 0.15) is 0 Å². The van der Waals surface area contributed by atoms with Crippen molar-refractivity contribution >= 4 is 38.6 Å². The number of hydrogen-bond donors (Lipinski definition) is 2. The number of sulfonamides is 1. The Morgan fingerprint density at radius 3 is 2.47 bits per heavy atom. The number of aromatic nitrogens is 1. The largest absolute Gasteiger partial charge is 0.417 e. The number of alkyl halides is 3. The van der Waals surface area contributed by atoms with E-state index < -0.39 is 21.8 Å². The molecule has 1 aliphatic rings. The average Bonchev–Trinajstić information content (AvgIpc) is 3.16. The first-order chi connectivity index (χ1) is 15.7. The van der Waals surface area contributed by atoms with Gasteiger partial charge in [-0.3, -0.25) is 0 Å². The maximum atomic E-state index is 13.1. The zero-order valence-electron chi connectivity index (χ0n) is 19.4. The van der Waals surface area contributed by atoms with Crippen LogP contribution >= 0.6 is 22.9 Å². The number of anilines is 1. The number of ether oxygens (including phenoxy) is 1. The van der Waals surface area contributed by atoms with Crippen LogP contribution in [-0.4, -0.2) is 45.4 Å². The van der Waals surface area contributed by atoms with E-state index in [1.807, 2.05) is 5.38 Å². The van der Waals surface area contributed by atoms with Gasteiger partial charge in [0.05, 0.1) is 26.3 Å². The molecule has 0 amide bonds. The molecule has 1 aromatic carbocycles. The lowest BCUT2D eigenvalue weighted by atomic mass is 9.70. The highest BCUT2D eigenvalue weighted by atomic mass is 35.5. The third kappa shape index (κ3) is 6.04. The molecule has 190 valence electrons. The lowest BCUT2D eigenvalue weighted by Gasteiger charge is -2.47. The van der Waals surface area contributed by atoms with Gasteiger partial charge < -0.3 is 10.1 Å². The van der Waals surface area contributed by atoms with Gasteiger partial charge in [-0.25, -0.2) is 18.1 Å². The highest BCUT2D eigenvalue weighted by Crippen LogP contribution is 2.51. The topological polar surface area (TPSA) is 80.3 Å². The van der Waals surface area contributed by atoms with E-state index in [1.165, 1.54) is 29.5 Å². The first kappa shape index (κ1) is 27.2. The normalized spacial score (nSPS) is 21.4. The zero-order chi connectivity index (χ0) is 25.4. The molecule has 1 heterocycles. The van der Waals surface area contributed by atoms with E-state index in [0.29, 0.717) is 12.1 Å². The number of methoxy groups -OCH3 is 1. The van der Waals surface area contributed by atoms with Crippen LogP contribution in [0, 0.1) is 5.92 Å². The molecule has 0 atom stereocenters. The minimum atomic E-state index is -4.41. The molecule has 12 heteroatoms. The fourth-order valence-electron chi connectivity index (χ4n) is 3.74. The Morgan fingerprint density at radius 2 is 1.94 bits per heavy atom. The summed E-state index contributed by atoms with van der Waals surface area (Å²) in [7, 11) is -2.71. The van der Waals surface area contributed by atoms with Crippen molar-refractivity contribution in [3.05, 3.63) is 39.3 Å². The maximum Gasteiger partial charge on any atom is 0.417 e. The molecule has 0 unspecified atom stereocenters. The summed E-state index contributed by atoms with van der Waals surface area (Å²) < 4.78 is 71.9. The minimum absolute atomic E-state index is 0.0108. The molecule has 0 bridgehead atoms. The van der Waals surface area contributed by atoms with Gasteiger partial charge in [-0.2, -0.15) is 13.2 Å². The predicted octanol–water partition coefficient (Wildman–Crippen LogP) is 5.38. The Hall–Kier alpha value is -1.40. The molecule has 0 aliphatic heterocycles. The van der Waals surface area contributed by atoms with Crippen molar-refractivity contribution in [2.45, 2.75) is 62.1 Å². The van der Waals surface area contributed by atoms with Crippen LogP contribution < -0.4 is 10.0 Å². The molecule has 34 heavy (non-hydrogen) atoms. The molecule has 0 saturated heterocycles. The number of nitrogens with one attached hydrogen (secondary N) is 2. The van der Waals surface area contributed by atoms with Gasteiger partial charge in [0.15, 0.2) is 5.60 Å². The Bertz CT molecular complexity index is 1110. The van der Waals surface area contributed by atoms with E-state index in [0.717, 1.165) is 17.8 Å². The summed E-state index contributed by atoms with van der Waals surface area (Å²) in [5.74, 6) is -0.229. The van der Waals surface area contributed by atoms with Gasteiger partial charge in [-0.1, -0.05) is 32.4 Å². The highest BCUT2D eigenvalue weighted by molar-refractivity contribution is 7.89. The van der Waals surface area contributed by atoms with Crippen LogP contribution in [0.4, 0.5) is 18.9 Å². The fraction of sp³-hybridized carbons (Fsp3) is 0.591. The number of hydrogen-bond acceptors (Lipinski definition) is 6. The summed E-state index contributed by atoms with van der Waals surface area (Å²) in [6.45, 7) is 6.67. The minimum Gasteiger partial charge on any atom is -0.384 e. The predicted molar refractivity (Wildman–Crippen MR) is 128 cm³/mol. The molecule has 2 N–H and O–H groups in total. The van der Waals surface area contributed by atoms with Crippen molar-refractivity contribution in [1.29, 1.82) is 0 Å². The SMILES string of the molecule is COC1(C(F)(F)F)CC(CNc2ccc(S(=O)(=O)NCCc3nc(C(C)(C)C)cs3)cc2Cl)C1. The van der Waals surface area contributed by atoms with Gasteiger partial charge in [0, 0.05) is 37.4 Å². The second-order valence-corrected chi connectivity index (χ2v) is 12.6. The summed E-state index contributed by atoms with van der Waals surface area (Å²) in [5, 5.41) is 6.02. The van der Waals surface area contributed by atoms with Crippen LogP contribution in [0.5, 0.6) is 0 Å². The smallest absolute Gasteiger partial charge is 0.384 e. The Balaban J connectivity index is 1.53. The van der Waals surface area contributed by atoms with Crippen molar-refractivity contribution < 1.29 is 26.3 Å². The molecule has 1 aliphatic carbocycles. The summed E-state index contributed by atoms with van der Waals surface area (Å²) >= 11 is 7.74. The molecule has 2 aromatic rings. The van der Waals surface area contributed by atoms with Crippen LogP contribution in [0.1, 0.15) is 44.3 Å². The van der Waals surface area contributed by atoms with E-state index >= 15 is 0 Å². The van der Waals surface area contributed by atoms with Crippen molar-refractivity contribution in [1.82, 2.24) is 9.71 Å². The first-order valence-electron chi connectivity index (χ1n) is 10.8. The highest BCUT2D eigenvalue weighted by Gasteiger charge is 2.62. The van der Waals surface area contributed by atoms with Gasteiger partial charge in [-0.15, -0.1) is 11.3 Å². The Morgan fingerprint density at radius 1 is 1.26 bits per heavy atom. The number of benzene rings is 1. The number of halogens is 4. The Labute approximate surface area is 207 Å². The third-order valence-corrected chi connectivity index (χ3v) is 8.61. The lowest BCUT2D eigenvalue weighted by molar-refractivity contribution is -0.307. The fourth-order valence-corrected chi connectivity index (χ4v) is 6.13. The standard InChI is InChI=1S/C22H29ClF3N3O3S2/c1-20(2,3)18-13-33-19(29-18)7-8-28-34(30,31)15-5-6-17(16(23)9-15)27-12-14-10-21(11-14,32-4)22(24,25)26/h5-6,9,13-14,27-28H,7-8,10-12H2,1-4H3. The van der Waals surface area contributed by atoms with Crippen LogP contribution in [0.25, 0.3) is 0 Å². The van der Waals surface area contributed by atoms with Crippen LogP contribution in [0.2, 0.25) is 5.02 Å². The van der Waals surface area contributed by atoms with Gasteiger partial charge in [0.25, 0.3) is 0 Å². The van der Waals surface area contributed by atoms with Crippen LogP contribution in [-0.2, 0) is 26.6 Å². The zero-order valence-corrected chi connectivity index (χ0v) is 21.8. The molecule has 1 aromatic heterocycles. The second kappa shape index (κ2) is 9.93. The molecule has 1 fully saturated rings. The number of thiazole rings is 1. The van der Waals surface area contributed by atoms with Gasteiger partial charge >= 0.3 is 6.18 Å². The van der Waals surface area contributed by atoms with Gasteiger partial charge in [-0.05, 0) is 37.0 Å². The summed E-state index contributed by atoms with van der Waals surface area (Å²) in [6.07, 6.45) is -4.21. The first-order valence-corrected chi connectivity index (χ1v) is 13.5. The summed E-state index contributed by atoms with van der Waals surface area (Å²) in [6, 6.07) is 4.25. The summed E-state index contributed by atoms with van der Waals surface area (Å²) in [5.41, 5.74) is -0.719. The van der Waals surface area contributed by atoms with Gasteiger partial charge in [0.2, 0.25) is 10.0 Å². The Kier molecular flexibility index (Phi) is 7.94. The molecule has 1 saturated carbocycles. The van der Waals surface area contributed by atoms with Crippen molar-refractivity contribution in [3.8, 4) is 0 Å². The second-order valence-electron chi connectivity index (χ2n) is 9.52. The molecular weight excluding hydrogens is 511 g/mol. The third-order valence-electron chi connectivity index (χ3n) is 5.93.